The summed E-state index contributed by atoms with van der Waals surface area (Å²) in [5, 5.41) is 3.49. The van der Waals surface area contributed by atoms with Gasteiger partial charge in [-0.05, 0) is 19.1 Å². The molecule has 0 aromatic heterocycles. The predicted molar refractivity (Wildman–Crippen MR) is 77.5 cm³/mol. The molecule has 0 aliphatic carbocycles. The van der Waals surface area contributed by atoms with Gasteiger partial charge in [-0.15, -0.1) is 0 Å². The summed E-state index contributed by atoms with van der Waals surface area (Å²) in [5.74, 6) is -2.57. The zero-order valence-electron chi connectivity index (χ0n) is 9.37. The fraction of sp³-hybridized carbons (Fsp3) is 0.364. The zero-order chi connectivity index (χ0) is 13.9. The van der Waals surface area contributed by atoms with E-state index < -0.39 is 28.6 Å². The summed E-state index contributed by atoms with van der Waals surface area (Å²) in [4.78, 5) is 11.9. The lowest BCUT2D eigenvalue weighted by atomic mass is 10.1. The van der Waals surface area contributed by atoms with E-state index in [-0.39, 0.29) is 4.47 Å². The molecular weight excluding hydrogens is 440 g/mol. The van der Waals surface area contributed by atoms with Crippen molar-refractivity contribution in [2.24, 2.45) is 0 Å². The minimum absolute atomic E-state index is 0.248. The number of carbonyl (C=O) groups excluding carboxylic acids is 1. The van der Waals surface area contributed by atoms with E-state index in [1.807, 2.05) is 0 Å². The number of hydrogen-bond acceptors (Lipinski definition) is 1. The minimum Gasteiger partial charge on any atom is -0.345 e. The molecule has 0 unspecified atom stereocenters. The molecule has 0 aliphatic rings. The first kappa shape index (κ1) is 16.0. The molecule has 0 fully saturated rings. The fourth-order valence-corrected chi connectivity index (χ4v) is 2.81. The molecule has 1 aromatic rings. The lowest BCUT2D eigenvalue weighted by molar-refractivity contribution is 0.0914. The maximum absolute atomic E-state index is 13.6. The largest absolute Gasteiger partial charge is 0.345 e. The van der Waals surface area contributed by atoms with Gasteiger partial charge in [0.1, 0.15) is 17.2 Å². The highest BCUT2D eigenvalue weighted by atomic mass is 79.9. The van der Waals surface area contributed by atoms with Crippen LogP contribution in [0.2, 0.25) is 0 Å². The summed E-state index contributed by atoms with van der Waals surface area (Å²) < 4.78 is 27.4. The molecular formula is C11H10Br3F2NO. The van der Waals surface area contributed by atoms with E-state index in [0.717, 1.165) is 12.1 Å². The van der Waals surface area contributed by atoms with Crippen molar-refractivity contribution in [1.29, 1.82) is 0 Å². The highest BCUT2D eigenvalue weighted by Gasteiger charge is 2.27. The lowest BCUT2D eigenvalue weighted by Gasteiger charge is -2.26. The second-order valence-electron chi connectivity index (χ2n) is 4.03. The molecule has 0 aliphatic heterocycles. The number of nitrogens with one attached hydrogen (secondary N) is 1. The Kier molecular flexibility index (Phi) is 5.73. The Morgan fingerprint density at radius 1 is 1.28 bits per heavy atom. The van der Waals surface area contributed by atoms with E-state index in [1.54, 1.807) is 6.92 Å². The van der Waals surface area contributed by atoms with Gasteiger partial charge in [0.2, 0.25) is 0 Å². The van der Waals surface area contributed by atoms with Crippen molar-refractivity contribution in [3.63, 3.8) is 0 Å². The van der Waals surface area contributed by atoms with Crippen LogP contribution in [0.1, 0.15) is 17.3 Å². The molecule has 1 aromatic carbocycles. The first-order valence-electron chi connectivity index (χ1n) is 4.92. The molecule has 1 N–H and O–H groups in total. The van der Waals surface area contributed by atoms with Crippen molar-refractivity contribution >= 4 is 53.7 Å². The number of hydrogen-bond donors (Lipinski definition) is 1. The van der Waals surface area contributed by atoms with Crippen molar-refractivity contribution in [2.45, 2.75) is 12.5 Å². The SMILES string of the molecule is CC(CBr)(CBr)NC(=O)c1c(F)cc(Br)cc1F. The van der Waals surface area contributed by atoms with Crippen molar-refractivity contribution in [2.75, 3.05) is 10.7 Å². The maximum Gasteiger partial charge on any atom is 0.257 e. The van der Waals surface area contributed by atoms with E-state index in [2.05, 4.69) is 53.1 Å². The van der Waals surface area contributed by atoms with Crippen LogP contribution in [0.25, 0.3) is 0 Å². The van der Waals surface area contributed by atoms with Gasteiger partial charge in [-0.25, -0.2) is 8.78 Å². The van der Waals surface area contributed by atoms with Gasteiger partial charge in [0.05, 0.1) is 5.54 Å². The minimum atomic E-state index is -0.897. The lowest BCUT2D eigenvalue weighted by Crippen LogP contribution is -2.49. The number of benzene rings is 1. The number of carbonyl (C=O) groups is 1. The highest BCUT2D eigenvalue weighted by molar-refractivity contribution is 9.10. The van der Waals surface area contributed by atoms with Gasteiger partial charge < -0.3 is 5.32 Å². The fourth-order valence-electron chi connectivity index (χ4n) is 1.20. The molecule has 0 heterocycles. The third-order valence-corrected chi connectivity index (χ3v) is 5.17. The van der Waals surface area contributed by atoms with Crippen molar-refractivity contribution in [3.8, 4) is 0 Å². The van der Waals surface area contributed by atoms with Gasteiger partial charge in [-0.1, -0.05) is 47.8 Å². The first-order chi connectivity index (χ1) is 8.33. The van der Waals surface area contributed by atoms with Gasteiger partial charge in [0, 0.05) is 15.1 Å². The van der Waals surface area contributed by atoms with E-state index in [9.17, 15) is 13.6 Å². The summed E-state index contributed by atoms with van der Waals surface area (Å²) in [7, 11) is 0. The standard InChI is InChI=1S/C11H10Br3F2NO/c1-11(4-12,5-13)17-10(18)9-7(15)2-6(14)3-8(9)16/h2-3H,4-5H2,1H3,(H,17,18). The van der Waals surface area contributed by atoms with E-state index >= 15 is 0 Å². The van der Waals surface area contributed by atoms with Gasteiger partial charge in [-0.2, -0.15) is 0 Å². The van der Waals surface area contributed by atoms with Crippen molar-refractivity contribution in [1.82, 2.24) is 5.32 Å². The molecule has 0 radical (unpaired) electrons. The summed E-state index contributed by atoms with van der Waals surface area (Å²) >= 11 is 9.44. The molecule has 1 rings (SSSR count). The first-order valence-corrected chi connectivity index (χ1v) is 7.95. The normalized spacial score (nSPS) is 11.4. The Labute approximate surface area is 129 Å². The van der Waals surface area contributed by atoms with Gasteiger partial charge >= 0.3 is 0 Å². The van der Waals surface area contributed by atoms with Crippen molar-refractivity contribution in [3.05, 3.63) is 33.8 Å². The van der Waals surface area contributed by atoms with E-state index in [1.165, 1.54) is 0 Å². The molecule has 1 amide bonds. The number of rotatable bonds is 4. The van der Waals surface area contributed by atoms with Crippen molar-refractivity contribution < 1.29 is 13.6 Å². The highest BCUT2D eigenvalue weighted by Crippen LogP contribution is 2.21. The number of alkyl halides is 2. The second kappa shape index (κ2) is 6.43. The van der Waals surface area contributed by atoms with Crippen LogP contribution < -0.4 is 5.32 Å². The van der Waals surface area contributed by atoms with Crippen LogP contribution in [0.5, 0.6) is 0 Å². The molecule has 0 saturated heterocycles. The molecule has 0 atom stereocenters. The van der Waals surface area contributed by atoms with Crippen LogP contribution in [0, 0.1) is 11.6 Å². The molecule has 7 heteroatoms. The Morgan fingerprint density at radius 3 is 2.11 bits per heavy atom. The zero-order valence-corrected chi connectivity index (χ0v) is 14.1. The topological polar surface area (TPSA) is 29.1 Å². The molecule has 100 valence electrons. The average molecular weight is 450 g/mol. The van der Waals surface area contributed by atoms with Crippen LogP contribution in [0.4, 0.5) is 8.78 Å². The summed E-state index contributed by atoms with van der Waals surface area (Å²) in [6, 6.07) is 2.11. The third kappa shape index (κ3) is 3.74. The maximum atomic E-state index is 13.6. The molecule has 0 saturated carbocycles. The Morgan fingerprint density at radius 2 is 1.72 bits per heavy atom. The Hall–Kier alpha value is -0.0100. The summed E-state index contributed by atoms with van der Waals surface area (Å²) in [5.41, 5.74) is -1.20. The van der Waals surface area contributed by atoms with Gasteiger partial charge in [0.25, 0.3) is 5.91 Å². The molecule has 0 spiro atoms. The Balaban J connectivity index is 3.05. The smallest absolute Gasteiger partial charge is 0.257 e. The third-order valence-electron chi connectivity index (χ3n) is 2.24. The quantitative estimate of drug-likeness (QED) is 0.691. The molecule has 18 heavy (non-hydrogen) atoms. The van der Waals surface area contributed by atoms with Crippen LogP contribution in [0.15, 0.2) is 16.6 Å². The summed E-state index contributed by atoms with van der Waals surface area (Å²) in [6.45, 7) is 1.75. The predicted octanol–water partition coefficient (Wildman–Crippen LogP) is 4.01. The van der Waals surface area contributed by atoms with Crippen LogP contribution in [0.3, 0.4) is 0 Å². The number of halogens is 5. The molecule has 0 bridgehead atoms. The van der Waals surface area contributed by atoms with Crippen LogP contribution >= 0.6 is 47.8 Å². The van der Waals surface area contributed by atoms with E-state index in [4.69, 9.17) is 0 Å². The second-order valence-corrected chi connectivity index (χ2v) is 6.06. The molecule has 2 nitrogen and oxygen atoms in total. The van der Waals surface area contributed by atoms with Gasteiger partial charge in [0.15, 0.2) is 0 Å². The summed E-state index contributed by atoms with van der Waals surface area (Å²) in [6.07, 6.45) is 0. The average Bonchev–Trinajstić information content (AvgIpc) is 2.27. The number of amides is 1. The van der Waals surface area contributed by atoms with Crippen LogP contribution in [-0.2, 0) is 0 Å². The van der Waals surface area contributed by atoms with E-state index in [0.29, 0.717) is 10.7 Å². The van der Waals surface area contributed by atoms with Gasteiger partial charge in [-0.3, -0.25) is 4.79 Å². The van der Waals surface area contributed by atoms with Crippen LogP contribution in [-0.4, -0.2) is 22.1 Å². The Bertz CT molecular complexity index is 441. The monoisotopic (exact) mass is 447 g/mol.